The third kappa shape index (κ3) is 2.86. The summed E-state index contributed by atoms with van der Waals surface area (Å²) < 4.78 is 26.5. The fraction of sp³-hybridized carbons (Fsp3) is 0.250. The van der Waals surface area contributed by atoms with Crippen molar-refractivity contribution < 1.29 is 8.78 Å². The van der Waals surface area contributed by atoms with Crippen LogP contribution in [0.2, 0.25) is 0 Å². The second kappa shape index (κ2) is 5.94. The molecule has 0 radical (unpaired) electrons. The summed E-state index contributed by atoms with van der Waals surface area (Å²) in [5, 5.41) is 3.38. The minimum absolute atomic E-state index is 0.233. The first-order chi connectivity index (χ1) is 9.74. The van der Waals surface area contributed by atoms with Gasteiger partial charge in [-0.1, -0.05) is 24.3 Å². The third-order valence-electron chi connectivity index (χ3n) is 3.51. The highest BCUT2D eigenvalue weighted by molar-refractivity contribution is 7.99. The van der Waals surface area contributed by atoms with E-state index >= 15 is 0 Å². The van der Waals surface area contributed by atoms with Gasteiger partial charge in [0.2, 0.25) is 0 Å². The molecule has 0 saturated heterocycles. The summed E-state index contributed by atoms with van der Waals surface area (Å²) >= 11 is 1.86. The monoisotopic (exact) mass is 291 g/mol. The molecule has 1 unspecified atom stereocenters. The maximum Gasteiger partial charge on any atom is 0.130 e. The summed E-state index contributed by atoms with van der Waals surface area (Å²) in [5.41, 5.74) is 1.77. The number of nitrogens with one attached hydrogen (secondary N) is 1. The molecule has 0 aliphatic carbocycles. The average molecular weight is 291 g/mol. The molecule has 0 spiro atoms. The SMILES string of the molecule is Fc1ccc(CNC2CCSc3ccccc32)c(F)c1. The summed E-state index contributed by atoms with van der Waals surface area (Å²) in [4.78, 5) is 1.29. The predicted molar refractivity (Wildman–Crippen MR) is 77.7 cm³/mol. The van der Waals surface area contributed by atoms with E-state index in [0.717, 1.165) is 18.2 Å². The van der Waals surface area contributed by atoms with Gasteiger partial charge in [-0.05, 0) is 29.9 Å². The van der Waals surface area contributed by atoms with Crippen LogP contribution in [0.5, 0.6) is 0 Å². The molecule has 3 rings (SSSR count). The van der Waals surface area contributed by atoms with Crippen molar-refractivity contribution in [3.63, 3.8) is 0 Å². The van der Waals surface area contributed by atoms with E-state index in [1.807, 2.05) is 23.9 Å². The minimum Gasteiger partial charge on any atom is -0.306 e. The largest absolute Gasteiger partial charge is 0.306 e. The molecule has 1 atom stereocenters. The molecule has 2 aromatic carbocycles. The van der Waals surface area contributed by atoms with Crippen LogP contribution in [0.15, 0.2) is 47.4 Å². The molecule has 2 aromatic rings. The Balaban J connectivity index is 1.73. The van der Waals surface area contributed by atoms with E-state index in [-0.39, 0.29) is 6.04 Å². The van der Waals surface area contributed by atoms with Crippen LogP contribution < -0.4 is 5.32 Å². The second-order valence-corrected chi connectivity index (χ2v) is 5.98. The van der Waals surface area contributed by atoms with Crippen molar-refractivity contribution in [2.45, 2.75) is 23.9 Å². The molecular formula is C16H15F2NS. The fourth-order valence-corrected chi connectivity index (χ4v) is 3.58. The maximum absolute atomic E-state index is 13.6. The Morgan fingerprint density at radius 3 is 2.85 bits per heavy atom. The number of thioether (sulfide) groups is 1. The Bertz CT molecular complexity index is 615. The van der Waals surface area contributed by atoms with Crippen LogP contribution in [0.25, 0.3) is 0 Å². The van der Waals surface area contributed by atoms with Gasteiger partial charge in [-0.25, -0.2) is 8.78 Å². The standard InChI is InChI=1S/C16H15F2NS/c17-12-6-5-11(14(18)9-12)10-19-15-7-8-20-16-4-2-1-3-13(15)16/h1-6,9,15,19H,7-8,10H2. The fourth-order valence-electron chi connectivity index (χ4n) is 2.45. The average Bonchev–Trinajstić information content (AvgIpc) is 2.46. The second-order valence-electron chi connectivity index (χ2n) is 4.84. The highest BCUT2D eigenvalue weighted by atomic mass is 32.2. The highest BCUT2D eigenvalue weighted by Gasteiger charge is 2.19. The molecule has 0 saturated carbocycles. The molecule has 4 heteroatoms. The predicted octanol–water partition coefficient (Wildman–Crippen LogP) is 4.29. The summed E-state index contributed by atoms with van der Waals surface area (Å²) in [6.45, 7) is 0.412. The van der Waals surface area contributed by atoms with Crippen LogP contribution in [0.3, 0.4) is 0 Å². The maximum atomic E-state index is 13.6. The normalized spacial score (nSPS) is 17.8. The zero-order valence-electron chi connectivity index (χ0n) is 10.9. The first-order valence-corrected chi connectivity index (χ1v) is 7.61. The van der Waals surface area contributed by atoms with Crippen molar-refractivity contribution in [1.82, 2.24) is 5.32 Å². The van der Waals surface area contributed by atoms with Crippen molar-refractivity contribution in [3.8, 4) is 0 Å². The van der Waals surface area contributed by atoms with E-state index in [9.17, 15) is 8.78 Å². The topological polar surface area (TPSA) is 12.0 Å². The van der Waals surface area contributed by atoms with Gasteiger partial charge in [0.25, 0.3) is 0 Å². The van der Waals surface area contributed by atoms with Gasteiger partial charge in [0.1, 0.15) is 11.6 Å². The molecule has 0 amide bonds. The zero-order valence-corrected chi connectivity index (χ0v) is 11.7. The van der Waals surface area contributed by atoms with Crippen LogP contribution in [0.4, 0.5) is 8.78 Å². The van der Waals surface area contributed by atoms with Crippen molar-refractivity contribution in [2.24, 2.45) is 0 Å². The van der Waals surface area contributed by atoms with Gasteiger partial charge >= 0.3 is 0 Å². The van der Waals surface area contributed by atoms with Crippen molar-refractivity contribution in [3.05, 3.63) is 65.2 Å². The zero-order chi connectivity index (χ0) is 13.9. The van der Waals surface area contributed by atoms with Gasteiger partial charge in [-0.15, -0.1) is 11.8 Å². The molecule has 104 valence electrons. The van der Waals surface area contributed by atoms with E-state index in [2.05, 4.69) is 17.4 Å². The van der Waals surface area contributed by atoms with Crippen LogP contribution in [-0.4, -0.2) is 5.75 Å². The Morgan fingerprint density at radius 1 is 1.15 bits per heavy atom. The Kier molecular flexibility index (Phi) is 4.03. The van der Waals surface area contributed by atoms with E-state index in [0.29, 0.717) is 12.1 Å². The van der Waals surface area contributed by atoms with E-state index in [4.69, 9.17) is 0 Å². The summed E-state index contributed by atoms with van der Waals surface area (Å²) in [6, 6.07) is 12.3. The summed E-state index contributed by atoms with van der Waals surface area (Å²) in [5.74, 6) is 0.0299. The van der Waals surface area contributed by atoms with E-state index in [1.165, 1.54) is 22.6 Å². The lowest BCUT2D eigenvalue weighted by atomic mass is 10.0. The van der Waals surface area contributed by atoms with Gasteiger partial charge in [0, 0.05) is 29.1 Å². The lowest BCUT2D eigenvalue weighted by Crippen LogP contribution is -2.24. The Labute approximate surface area is 121 Å². The summed E-state index contributed by atoms with van der Waals surface area (Å²) in [6.07, 6.45) is 1.02. The van der Waals surface area contributed by atoms with E-state index in [1.54, 1.807) is 0 Å². The molecule has 0 fully saturated rings. The first kappa shape index (κ1) is 13.6. The molecule has 0 aromatic heterocycles. The lowest BCUT2D eigenvalue weighted by Gasteiger charge is -2.26. The van der Waals surface area contributed by atoms with Crippen LogP contribution >= 0.6 is 11.8 Å². The lowest BCUT2D eigenvalue weighted by molar-refractivity contribution is 0.494. The number of benzene rings is 2. The molecule has 1 aliphatic rings. The molecule has 1 nitrogen and oxygen atoms in total. The van der Waals surface area contributed by atoms with Crippen molar-refractivity contribution in [1.29, 1.82) is 0 Å². The van der Waals surface area contributed by atoms with Gasteiger partial charge in [0.05, 0.1) is 0 Å². The third-order valence-corrected chi connectivity index (χ3v) is 4.64. The first-order valence-electron chi connectivity index (χ1n) is 6.63. The minimum atomic E-state index is -0.536. The molecule has 1 heterocycles. The van der Waals surface area contributed by atoms with Crippen molar-refractivity contribution >= 4 is 11.8 Å². The number of rotatable bonds is 3. The van der Waals surface area contributed by atoms with Gasteiger partial charge in [0.15, 0.2) is 0 Å². The molecule has 0 bridgehead atoms. The van der Waals surface area contributed by atoms with Gasteiger partial charge in [-0.2, -0.15) is 0 Å². The van der Waals surface area contributed by atoms with Crippen LogP contribution in [-0.2, 0) is 6.54 Å². The van der Waals surface area contributed by atoms with Crippen molar-refractivity contribution in [2.75, 3.05) is 5.75 Å². The summed E-state index contributed by atoms with van der Waals surface area (Å²) in [7, 11) is 0. The molecule has 1 aliphatic heterocycles. The number of fused-ring (bicyclic) bond motifs is 1. The van der Waals surface area contributed by atoms with E-state index < -0.39 is 11.6 Å². The molecule has 20 heavy (non-hydrogen) atoms. The highest BCUT2D eigenvalue weighted by Crippen LogP contribution is 2.35. The van der Waals surface area contributed by atoms with Crippen LogP contribution in [0, 0.1) is 11.6 Å². The number of halogens is 2. The molecular weight excluding hydrogens is 276 g/mol. The smallest absolute Gasteiger partial charge is 0.130 e. The number of hydrogen-bond acceptors (Lipinski definition) is 2. The van der Waals surface area contributed by atoms with Gasteiger partial charge < -0.3 is 5.32 Å². The molecule has 1 N–H and O–H groups in total. The van der Waals surface area contributed by atoms with Gasteiger partial charge in [-0.3, -0.25) is 0 Å². The Hall–Kier alpha value is -1.39. The number of hydrogen-bond donors (Lipinski definition) is 1. The Morgan fingerprint density at radius 2 is 2.00 bits per heavy atom. The quantitative estimate of drug-likeness (QED) is 0.905. The van der Waals surface area contributed by atoms with Crippen LogP contribution in [0.1, 0.15) is 23.6 Å².